The fraction of sp³-hybridized carbons (Fsp3) is 0.182. The average Bonchev–Trinajstić information content (AvgIpc) is 2.64. The van der Waals surface area contributed by atoms with Gasteiger partial charge >= 0.3 is 0 Å². The van der Waals surface area contributed by atoms with Gasteiger partial charge in [0.05, 0.1) is 12.8 Å². The first-order chi connectivity index (χ1) is 8.86. The molecule has 0 saturated heterocycles. The summed E-state index contributed by atoms with van der Waals surface area (Å²) in [5.74, 6) is 0.519. The minimum absolute atomic E-state index is 0.0722. The van der Waals surface area contributed by atoms with E-state index >= 15 is 0 Å². The Bertz CT molecular complexity index is 726. The Morgan fingerprint density at radius 2 is 1.95 bits per heavy atom. The molecule has 1 heterocycles. The van der Waals surface area contributed by atoms with E-state index in [-0.39, 0.29) is 15.7 Å². The smallest absolute Gasteiger partial charge is 0.266 e. The Labute approximate surface area is 120 Å². The number of ether oxygens (including phenoxy) is 1. The van der Waals surface area contributed by atoms with Gasteiger partial charge in [0.15, 0.2) is 5.15 Å². The SMILES string of the molecule is COc1ccccc1-n1nc(C)c(S(=O)(=O)Cl)c1Cl. The zero-order chi connectivity index (χ0) is 14.2. The second-order valence-electron chi connectivity index (χ2n) is 3.73. The topological polar surface area (TPSA) is 61.2 Å². The molecule has 0 bridgehead atoms. The van der Waals surface area contributed by atoms with E-state index in [0.29, 0.717) is 11.4 Å². The van der Waals surface area contributed by atoms with Gasteiger partial charge in [-0.25, -0.2) is 13.1 Å². The van der Waals surface area contributed by atoms with Crippen molar-refractivity contribution in [1.82, 2.24) is 9.78 Å². The van der Waals surface area contributed by atoms with Crippen molar-refractivity contribution in [3.63, 3.8) is 0 Å². The summed E-state index contributed by atoms with van der Waals surface area (Å²) in [5.41, 5.74) is 0.760. The summed E-state index contributed by atoms with van der Waals surface area (Å²) < 4.78 is 29.4. The molecule has 0 atom stereocenters. The lowest BCUT2D eigenvalue weighted by atomic mass is 10.3. The number of rotatable bonds is 3. The quantitative estimate of drug-likeness (QED) is 0.816. The van der Waals surface area contributed by atoms with Crippen LogP contribution in [0.3, 0.4) is 0 Å². The Balaban J connectivity index is 2.72. The molecule has 0 aliphatic heterocycles. The van der Waals surface area contributed by atoms with E-state index in [0.717, 1.165) is 0 Å². The van der Waals surface area contributed by atoms with Crippen molar-refractivity contribution < 1.29 is 13.2 Å². The van der Waals surface area contributed by atoms with Crippen LogP contribution in [0.5, 0.6) is 5.75 Å². The molecular weight excluding hydrogens is 311 g/mol. The maximum Gasteiger partial charge on any atom is 0.266 e. The fourth-order valence-electron chi connectivity index (χ4n) is 1.73. The number of aryl methyl sites for hydroxylation is 1. The molecule has 102 valence electrons. The number of halogens is 2. The van der Waals surface area contributed by atoms with Gasteiger partial charge in [0, 0.05) is 10.7 Å². The van der Waals surface area contributed by atoms with Crippen molar-refractivity contribution in [2.45, 2.75) is 11.8 Å². The highest BCUT2D eigenvalue weighted by Gasteiger charge is 2.25. The maximum atomic E-state index is 11.5. The number of para-hydroxylation sites is 2. The summed E-state index contributed by atoms with van der Waals surface area (Å²) in [5, 5.41) is 4.02. The lowest BCUT2D eigenvalue weighted by Gasteiger charge is -2.08. The second-order valence-corrected chi connectivity index (χ2v) is 6.59. The highest BCUT2D eigenvalue weighted by atomic mass is 35.7. The van der Waals surface area contributed by atoms with Crippen LogP contribution < -0.4 is 4.74 Å². The lowest BCUT2D eigenvalue weighted by molar-refractivity contribution is 0.411. The number of hydrogen-bond acceptors (Lipinski definition) is 4. The maximum absolute atomic E-state index is 11.5. The molecular formula is C11H10Cl2N2O3S. The van der Waals surface area contributed by atoms with E-state index in [1.807, 2.05) is 0 Å². The van der Waals surface area contributed by atoms with Crippen molar-refractivity contribution in [1.29, 1.82) is 0 Å². The third-order valence-corrected chi connectivity index (χ3v) is 4.41. The minimum Gasteiger partial charge on any atom is -0.494 e. The molecule has 5 nitrogen and oxygen atoms in total. The molecule has 19 heavy (non-hydrogen) atoms. The molecule has 0 fully saturated rings. The van der Waals surface area contributed by atoms with Crippen molar-refractivity contribution in [2.75, 3.05) is 7.11 Å². The van der Waals surface area contributed by atoms with Crippen LogP contribution >= 0.6 is 22.3 Å². The predicted molar refractivity (Wildman–Crippen MR) is 72.9 cm³/mol. The average molecular weight is 321 g/mol. The summed E-state index contributed by atoms with van der Waals surface area (Å²) in [6, 6.07) is 6.98. The van der Waals surface area contributed by atoms with Gasteiger partial charge in [0.2, 0.25) is 0 Å². The minimum atomic E-state index is -3.95. The van der Waals surface area contributed by atoms with Crippen molar-refractivity contribution >= 4 is 31.3 Å². The number of aromatic nitrogens is 2. The van der Waals surface area contributed by atoms with E-state index in [1.54, 1.807) is 24.3 Å². The first kappa shape index (κ1) is 14.2. The standard InChI is InChI=1S/C11H10Cl2N2O3S/c1-7-10(19(13,16)17)11(12)15(14-7)8-5-3-4-6-9(8)18-2/h3-6H,1-2H3. The van der Waals surface area contributed by atoms with Gasteiger partial charge in [0.25, 0.3) is 9.05 Å². The van der Waals surface area contributed by atoms with Crippen molar-refractivity contribution in [3.8, 4) is 11.4 Å². The Hall–Kier alpha value is -1.24. The van der Waals surface area contributed by atoms with Crippen LogP contribution in [0.15, 0.2) is 29.2 Å². The van der Waals surface area contributed by atoms with Gasteiger partial charge in [-0.1, -0.05) is 23.7 Å². The molecule has 0 spiro atoms. The van der Waals surface area contributed by atoms with Crippen LogP contribution in [0.4, 0.5) is 0 Å². The van der Waals surface area contributed by atoms with Crippen molar-refractivity contribution in [3.05, 3.63) is 35.1 Å². The molecule has 0 aliphatic rings. The Morgan fingerprint density at radius 3 is 2.47 bits per heavy atom. The molecule has 8 heteroatoms. The molecule has 0 radical (unpaired) electrons. The first-order valence-corrected chi connectivity index (χ1v) is 7.88. The van der Waals surface area contributed by atoms with Crippen LogP contribution in [-0.2, 0) is 9.05 Å². The number of nitrogens with zero attached hydrogens (tertiary/aromatic N) is 2. The molecule has 2 rings (SSSR count). The van der Waals surface area contributed by atoms with E-state index in [2.05, 4.69) is 5.10 Å². The number of methoxy groups -OCH3 is 1. The van der Waals surface area contributed by atoms with E-state index in [4.69, 9.17) is 27.0 Å². The van der Waals surface area contributed by atoms with Gasteiger partial charge in [0.1, 0.15) is 16.3 Å². The van der Waals surface area contributed by atoms with Gasteiger partial charge in [-0.15, -0.1) is 0 Å². The monoisotopic (exact) mass is 320 g/mol. The summed E-state index contributed by atoms with van der Waals surface area (Å²) in [7, 11) is 2.89. The highest BCUT2D eigenvalue weighted by Crippen LogP contribution is 2.32. The van der Waals surface area contributed by atoms with Crippen LogP contribution in [0.1, 0.15) is 5.69 Å². The Morgan fingerprint density at radius 1 is 1.32 bits per heavy atom. The van der Waals surface area contributed by atoms with Crippen molar-refractivity contribution in [2.24, 2.45) is 0 Å². The molecule has 0 N–H and O–H groups in total. The molecule has 1 aromatic heterocycles. The van der Waals surface area contributed by atoms with Crippen LogP contribution in [0.2, 0.25) is 5.15 Å². The Kier molecular flexibility index (Phi) is 3.75. The predicted octanol–water partition coefficient (Wildman–Crippen LogP) is 2.77. The summed E-state index contributed by atoms with van der Waals surface area (Å²) >= 11 is 6.06. The van der Waals surface area contributed by atoms with E-state index < -0.39 is 9.05 Å². The normalized spacial score (nSPS) is 11.6. The van der Waals surface area contributed by atoms with Gasteiger partial charge in [-0.2, -0.15) is 5.10 Å². The molecule has 0 amide bonds. The van der Waals surface area contributed by atoms with Gasteiger partial charge in [-0.05, 0) is 19.1 Å². The molecule has 1 aromatic carbocycles. The molecule has 2 aromatic rings. The summed E-state index contributed by atoms with van der Waals surface area (Å²) in [6.45, 7) is 1.52. The van der Waals surface area contributed by atoms with Gasteiger partial charge < -0.3 is 4.74 Å². The van der Waals surface area contributed by atoms with Crippen LogP contribution in [0, 0.1) is 6.92 Å². The first-order valence-electron chi connectivity index (χ1n) is 5.19. The van der Waals surface area contributed by atoms with Gasteiger partial charge in [-0.3, -0.25) is 0 Å². The molecule has 0 unspecified atom stereocenters. The highest BCUT2D eigenvalue weighted by molar-refractivity contribution is 8.13. The number of hydrogen-bond donors (Lipinski definition) is 0. The van der Waals surface area contributed by atoms with E-state index in [1.165, 1.54) is 18.7 Å². The lowest BCUT2D eigenvalue weighted by Crippen LogP contribution is -2.00. The number of benzene rings is 1. The van der Waals surface area contributed by atoms with Crippen LogP contribution in [-0.4, -0.2) is 25.3 Å². The van der Waals surface area contributed by atoms with Crippen LogP contribution in [0.25, 0.3) is 5.69 Å². The third kappa shape index (κ3) is 2.56. The zero-order valence-corrected chi connectivity index (χ0v) is 12.4. The third-order valence-electron chi connectivity index (χ3n) is 2.51. The fourth-order valence-corrected chi connectivity index (χ4v) is 3.65. The molecule has 0 saturated carbocycles. The largest absolute Gasteiger partial charge is 0.494 e. The van der Waals surface area contributed by atoms with E-state index in [9.17, 15) is 8.42 Å². The second kappa shape index (κ2) is 5.03. The summed E-state index contributed by atoms with van der Waals surface area (Å²) in [4.78, 5) is -0.193. The summed E-state index contributed by atoms with van der Waals surface area (Å²) in [6.07, 6.45) is 0. The molecule has 0 aliphatic carbocycles. The zero-order valence-electron chi connectivity index (χ0n) is 10.1.